The van der Waals surface area contributed by atoms with Gasteiger partial charge in [0.2, 0.25) is 5.06 Å². The first kappa shape index (κ1) is 17.6. The number of carbonyl (C=O) groups is 2. The fourth-order valence-corrected chi connectivity index (χ4v) is 3.29. The molecule has 0 atom stereocenters. The molecule has 26 heavy (non-hydrogen) atoms. The zero-order valence-electron chi connectivity index (χ0n) is 14.2. The Morgan fingerprint density at radius 3 is 2.35 bits per heavy atom. The molecule has 0 spiro atoms. The van der Waals surface area contributed by atoms with Crippen molar-refractivity contribution in [3.63, 3.8) is 0 Å². The average molecular weight is 368 g/mol. The van der Waals surface area contributed by atoms with E-state index in [4.69, 9.17) is 9.84 Å². The fraction of sp³-hybridized carbons (Fsp3) is 0.105. The van der Waals surface area contributed by atoms with Gasteiger partial charge in [-0.2, -0.15) is 0 Å². The van der Waals surface area contributed by atoms with Crippen molar-refractivity contribution in [2.45, 2.75) is 6.92 Å². The first-order chi connectivity index (χ1) is 12.5. The van der Waals surface area contributed by atoms with Gasteiger partial charge in [-0.05, 0) is 19.1 Å². The largest absolute Gasteiger partial charge is 0.512 e. The van der Waals surface area contributed by atoms with Crippen molar-refractivity contribution in [3.05, 3.63) is 65.7 Å². The lowest BCUT2D eigenvalue weighted by molar-refractivity contribution is 0.0990. The summed E-state index contributed by atoms with van der Waals surface area (Å²) in [6.45, 7) is 1.93. The minimum absolute atomic E-state index is 0.0549. The molecule has 0 unspecified atom stereocenters. The number of aromatic nitrogens is 1. The normalized spacial score (nSPS) is 10.4. The molecule has 2 aromatic carbocycles. The van der Waals surface area contributed by atoms with Gasteiger partial charge in [-0.25, -0.2) is 9.78 Å². The lowest BCUT2D eigenvalue weighted by atomic mass is 10.1. The van der Waals surface area contributed by atoms with Crippen LogP contribution in [0.15, 0.2) is 54.6 Å². The van der Waals surface area contributed by atoms with Gasteiger partial charge in [0, 0.05) is 18.2 Å². The van der Waals surface area contributed by atoms with E-state index in [1.54, 1.807) is 19.2 Å². The fourth-order valence-electron chi connectivity index (χ4n) is 2.35. The molecular weight excluding hydrogens is 352 g/mol. The number of rotatable bonds is 4. The molecule has 0 aliphatic rings. The first-order valence-corrected chi connectivity index (χ1v) is 8.59. The molecule has 0 bridgehead atoms. The highest BCUT2D eigenvalue weighted by molar-refractivity contribution is 7.17. The molecule has 132 valence electrons. The van der Waals surface area contributed by atoms with Crippen molar-refractivity contribution in [1.82, 2.24) is 4.98 Å². The van der Waals surface area contributed by atoms with E-state index in [-0.39, 0.29) is 16.8 Å². The number of thiazole rings is 1. The number of ether oxygens (including phenoxy) is 1. The summed E-state index contributed by atoms with van der Waals surface area (Å²) in [5.41, 5.74) is 2.34. The number of hydrogen-bond donors (Lipinski definition) is 1. The summed E-state index contributed by atoms with van der Waals surface area (Å²) in [6, 6.07) is 16.4. The Hall–Kier alpha value is -3.19. The quantitative estimate of drug-likeness (QED) is 0.688. The number of benzene rings is 2. The van der Waals surface area contributed by atoms with E-state index in [0.717, 1.165) is 22.5 Å². The molecule has 0 radical (unpaired) electrons. The van der Waals surface area contributed by atoms with Crippen LogP contribution in [0.3, 0.4) is 0 Å². The number of carboxylic acid groups (broad SMARTS) is 1. The molecule has 1 amide bonds. The average Bonchev–Trinajstić information content (AvgIpc) is 3.05. The van der Waals surface area contributed by atoms with Crippen molar-refractivity contribution in [1.29, 1.82) is 0 Å². The molecule has 0 saturated heterocycles. The Morgan fingerprint density at radius 1 is 1.08 bits per heavy atom. The highest BCUT2D eigenvalue weighted by Gasteiger charge is 2.24. The standard InChI is InChI=1S/C19H16N2O4S/c1-12-8-10-14(11-9-12)17(22)21(2)15-18(25-19(23)24)26-16(20-15)13-6-4-3-5-7-13/h3-11H,1-2H3,(H,23,24). The SMILES string of the molecule is Cc1ccc(C(=O)N(C)c2nc(-c3ccccc3)sc2OC(=O)O)cc1. The smallest absolute Gasteiger partial charge is 0.449 e. The maximum absolute atomic E-state index is 12.7. The number of carbonyl (C=O) groups excluding carboxylic acids is 1. The Bertz CT molecular complexity index is 936. The van der Waals surface area contributed by atoms with Crippen molar-refractivity contribution < 1.29 is 19.4 Å². The van der Waals surface area contributed by atoms with E-state index in [1.165, 1.54) is 4.90 Å². The second-order valence-electron chi connectivity index (χ2n) is 5.59. The summed E-state index contributed by atoms with van der Waals surface area (Å²) in [6.07, 6.45) is -1.45. The van der Waals surface area contributed by atoms with Gasteiger partial charge in [0.05, 0.1) is 0 Å². The minimum Gasteiger partial charge on any atom is -0.449 e. The van der Waals surface area contributed by atoms with Crippen LogP contribution >= 0.6 is 11.3 Å². The molecular formula is C19H16N2O4S. The highest BCUT2D eigenvalue weighted by atomic mass is 32.1. The second kappa shape index (κ2) is 7.37. The van der Waals surface area contributed by atoms with Crippen LogP contribution in [-0.4, -0.2) is 29.2 Å². The van der Waals surface area contributed by atoms with Crippen molar-refractivity contribution >= 4 is 29.2 Å². The third kappa shape index (κ3) is 3.73. The Morgan fingerprint density at radius 2 is 1.73 bits per heavy atom. The highest BCUT2D eigenvalue weighted by Crippen LogP contribution is 2.39. The van der Waals surface area contributed by atoms with Crippen LogP contribution in [0.2, 0.25) is 0 Å². The molecule has 1 N–H and O–H groups in total. The Kier molecular flexibility index (Phi) is 4.99. The maximum atomic E-state index is 12.7. The topological polar surface area (TPSA) is 79.7 Å². The van der Waals surface area contributed by atoms with Gasteiger partial charge >= 0.3 is 6.16 Å². The number of amides is 1. The Balaban J connectivity index is 1.98. The molecule has 3 aromatic rings. The third-order valence-corrected chi connectivity index (χ3v) is 4.67. The van der Waals surface area contributed by atoms with E-state index < -0.39 is 6.16 Å². The molecule has 6 nitrogen and oxygen atoms in total. The molecule has 0 saturated carbocycles. The number of aryl methyl sites for hydroxylation is 1. The summed E-state index contributed by atoms with van der Waals surface area (Å²) in [5, 5.41) is 9.62. The number of hydrogen-bond acceptors (Lipinski definition) is 5. The van der Waals surface area contributed by atoms with Crippen LogP contribution in [0.5, 0.6) is 5.06 Å². The molecule has 0 aliphatic carbocycles. The molecule has 7 heteroatoms. The Labute approximate surface area is 154 Å². The summed E-state index contributed by atoms with van der Waals surface area (Å²) < 4.78 is 4.85. The lowest BCUT2D eigenvalue weighted by Crippen LogP contribution is -2.27. The first-order valence-electron chi connectivity index (χ1n) is 7.77. The molecule has 1 heterocycles. The summed E-state index contributed by atoms with van der Waals surface area (Å²) >= 11 is 1.08. The number of anilines is 1. The molecule has 0 fully saturated rings. The van der Waals surface area contributed by atoms with Gasteiger partial charge in [-0.3, -0.25) is 9.69 Å². The second-order valence-corrected chi connectivity index (χ2v) is 6.56. The van der Waals surface area contributed by atoms with Gasteiger partial charge in [-0.15, -0.1) is 0 Å². The van der Waals surface area contributed by atoms with Crippen molar-refractivity contribution in [2.75, 3.05) is 11.9 Å². The van der Waals surface area contributed by atoms with Crippen LogP contribution in [-0.2, 0) is 0 Å². The monoisotopic (exact) mass is 368 g/mol. The molecule has 0 aliphatic heterocycles. The summed E-state index contributed by atoms with van der Waals surface area (Å²) in [5.74, 6) is -0.132. The van der Waals surface area contributed by atoms with Crippen molar-refractivity contribution in [3.8, 4) is 15.6 Å². The van der Waals surface area contributed by atoms with E-state index in [9.17, 15) is 9.59 Å². The van der Waals surface area contributed by atoms with E-state index in [0.29, 0.717) is 10.6 Å². The van der Waals surface area contributed by atoms with Crippen molar-refractivity contribution in [2.24, 2.45) is 0 Å². The van der Waals surface area contributed by atoms with E-state index in [2.05, 4.69) is 4.98 Å². The van der Waals surface area contributed by atoms with Gasteiger partial charge < -0.3 is 9.84 Å². The van der Waals surface area contributed by atoms with Gasteiger partial charge in [-0.1, -0.05) is 59.4 Å². The van der Waals surface area contributed by atoms with Crippen LogP contribution in [0, 0.1) is 6.92 Å². The summed E-state index contributed by atoms with van der Waals surface area (Å²) in [4.78, 5) is 29.5. The predicted octanol–water partition coefficient (Wildman–Crippen LogP) is 4.45. The predicted molar refractivity (Wildman–Crippen MR) is 100 cm³/mol. The van der Waals surface area contributed by atoms with Crippen LogP contribution in [0.1, 0.15) is 15.9 Å². The zero-order valence-corrected chi connectivity index (χ0v) is 15.0. The number of nitrogens with zero attached hydrogens (tertiary/aromatic N) is 2. The maximum Gasteiger partial charge on any atom is 0.512 e. The van der Waals surface area contributed by atoms with Gasteiger partial charge in [0.1, 0.15) is 5.01 Å². The minimum atomic E-state index is -1.45. The van der Waals surface area contributed by atoms with Crippen LogP contribution < -0.4 is 9.64 Å². The zero-order chi connectivity index (χ0) is 18.7. The van der Waals surface area contributed by atoms with E-state index in [1.807, 2.05) is 49.4 Å². The van der Waals surface area contributed by atoms with Gasteiger partial charge in [0.25, 0.3) is 5.91 Å². The lowest BCUT2D eigenvalue weighted by Gasteiger charge is -2.15. The summed E-state index contributed by atoms with van der Waals surface area (Å²) in [7, 11) is 1.54. The van der Waals surface area contributed by atoms with E-state index >= 15 is 0 Å². The molecule has 1 aromatic heterocycles. The van der Waals surface area contributed by atoms with Crippen LogP contribution in [0.25, 0.3) is 10.6 Å². The molecule has 3 rings (SSSR count). The van der Waals surface area contributed by atoms with Gasteiger partial charge in [0.15, 0.2) is 5.82 Å². The van der Waals surface area contributed by atoms with Crippen LogP contribution in [0.4, 0.5) is 10.6 Å². The third-order valence-electron chi connectivity index (χ3n) is 3.70.